The number of nitrogens with one attached hydrogen (secondary N) is 1. The lowest BCUT2D eigenvalue weighted by atomic mass is 10.1. The second-order valence-electron chi connectivity index (χ2n) is 7.78. The molecule has 0 bridgehead atoms. The van der Waals surface area contributed by atoms with Gasteiger partial charge in [0.15, 0.2) is 0 Å². The van der Waals surface area contributed by atoms with E-state index in [-0.39, 0.29) is 12.1 Å². The first kappa shape index (κ1) is 26.8. The summed E-state index contributed by atoms with van der Waals surface area (Å²) in [4.78, 5) is 27.2. The van der Waals surface area contributed by atoms with E-state index in [0.717, 1.165) is 20.6 Å². The number of hydrogen-bond acceptors (Lipinski definition) is 4. The monoisotopic (exact) mass is 541 g/mol. The molecule has 0 heterocycles. The van der Waals surface area contributed by atoms with Crippen molar-refractivity contribution in [2.75, 3.05) is 23.7 Å². The van der Waals surface area contributed by atoms with Gasteiger partial charge < -0.3 is 10.2 Å². The van der Waals surface area contributed by atoms with Gasteiger partial charge in [0.05, 0.1) is 11.9 Å². The van der Waals surface area contributed by atoms with Crippen LogP contribution in [0.15, 0.2) is 46.9 Å². The van der Waals surface area contributed by atoms with Gasteiger partial charge in [-0.1, -0.05) is 41.1 Å². The highest BCUT2D eigenvalue weighted by Gasteiger charge is 2.30. The number of amides is 2. The number of nitrogens with zero attached hydrogens (tertiary/aromatic N) is 2. The van der Waals surface area contributed by atoms with Gasteiger partial charge in [0.1, 0.15) is 18.4 Å². The highest BCUT2D eigenvalue weighted by molar-refractivity contribution is 9.10. The Bertz CT molecular complexity index is 1110. The summed E-state index contributed by atoms with van der Waals surface area (Å²) in [5.74, 6) is -1.53. The summed E-state index contributed by atoms with van der Waals surface area (Å²) in [5, 5.41) is 2.73. The second-order valence-corrected chi connectivity index (χ2v) is 10.5. The second kappa shape index (κ2) is 11.6. The lowest BCUT2D eigenvalue weighted by molar-refractivity contribution is -0.139. The first-order valence-electron chi connectivity index (χ1n) is 10.5. The van der Waals surface area contributed by atoms with Crippen LogP contribution in [-0.2, 0) is 26.2 Å². The molecular weight excluding hydrogens is 513 g/mol. The molecule has 33 heavy (non-hydrogen) atoms. The minimum absolute atomic E-state index is 0.177. The molecular formula is C23H29BrFN3O4S. The zero-order valence-electron chi connectivity index (χ0n) is 19.1. The van der Waals surface area contributed by atoms with Gasteiger partial charge in [-0.25, -0.2) is 12.8 Å². The van der Waals surface area contributed by atoms with Gasteiger partial charge >= 0.3 is 0 Å². The molecule has 0 saturated heterocycles. The van der Waals surface area contributed by atoms with Gasteiger partial charge in [0.25, 0.3) is 0 Å². The molecule has 7 nitrogen and oxygen atoms in total. The van der Waals surface area contributed by atoms with E-state index in [0.29, 0.717) is 18.7 Å². The van der Waals surface area contributed by atoms with E-state index in [2.05, 4.69) is 21.2 Å². The quantitative estimate of drug-likeness (QED) is 0.497. The Morgan fingerprint density at radius 2 is 1.85 bits per heavy atom. The Hall–Kier alpha value is -2.46. The molecule has 2 aromatic rings. The lowest BCUT2D eigenvalue weighted by Gasteiger charge is -2.31. The van der Waals surface area contributed by atoms with Gasteiger partial charge in [0.2, 0.25) is 21.8 Å². The summed E-state index contributed by atoms with van der Waals surface area (Å²) >= 11 is 3.38. The zero-order valence-corrected chi connectivity index (χ0v) is 21.5. The normalized spacial score (nSPS) is 12.2. The van der Waals surface area contributed by atoms with E-state index in [1.807, 2.05) is 6.92 Å². The van der Waals surface area contributed by atoms with E-state index >= 15 is 0 Å². The molecule has 0 spiro atoms. The van der Waals surface area contributed by atoms with Crippen LogP contribution in [0.1, 0.15) is 31.4 Å². The van der Waals surface area contributed by atoms with E-state index in [4.69, 9.17) is 0 Å². The number of anilines is 1. The van der Waals surface area contributed by atoms with Gasteiger partial charge in [-0.2, -0.15) is 0 Å². The molecule has 0 aliphatic rings. The Kier molecular flexibility index (Phi) is 9.42. The average molecular weight is 542 g/mol. The Balaban J connectivity index is 2.40. The molecule has 0 fully saturated rings. The Morgan fingerprint density at radius 3 is 2.42 bits per heavy atom. The van der Waals surface area contributed by atoms with E-state index < -0.39 is 40.2 Å². The van der Waals surface area contributed by atoms with Gasteiger partial charge in [0, 0.05) is 23.1 Å². The summed E-state index contributed by atoms with van der Waals surface area (Å²) in [7, 11) is -3.82. The van der Waals surface area contributed by atoms with Crippen LogP contribution in [0.25, 0.3) is 0 Å². The third-order valence-electron chi connectivity index (χ3n) is 5.12. The predicted molar refractivity (Wildman–Crippen MR) is 131 cm³/mol. The molecule has 10 heteroatoms. The Labute approximate surface area is 203 Å². The largest absolute Gasteiger partial charge is 0.354 e. The summed E-state index contributed by atoms with van der Waals surface area (Å²) in [6, 6.07) is 9.97. The number of carbonyl (C=O) groups is 2. The standard InChI is InChI=1S/C23H29BrFN3O4S/c1-5-12-26-23(30)17(3)27(14-18-8-6-7-9-21(18)25)22(29)15-28(33(4,31)32)19-10-11-20(24)16(2)13-19/h6-11,13,17H,5,12,14-15H2,1-4H3,(H,26,30). The van der Waals surface area contributed by atoms with Crippen LogP contribution in [0.4, 0.5) is 10.1 Å². The van der Waals surface area contributed by atoms with Crippen LogP contribution in [0.5, 0.6) is 0 Å². The Morgan fingerprint density at radius 1 is 1.18 bits per heavy atom. The molecule has 0 aromatic heterocycles. The van der Waals surface area contributed by atoms with Crippen molar-refractivity contribution >= 4 is 43.5 Å². The van der Waals surface area contributed by atoms with Crippen LogP contribution in [0, 0.1) is 12.7 Å². The summed E-state index contributed by atoms with van der Waals surface area (Å²) in [6.45, 7) is 4.97. The van der Waals surface area contributed by atoms with E-state index in [1.165, 1.54) is 30.0 Å². The van der Waals surface area contributed by atoms with Crippen molar-refractivity contribution in [2.45, 2.75) is 39.8 Å². The molecule has 180 valence electrons. The molecule has 0 saturated carbocycles. The number of carbonyl (C=O) groups excluding carboxylic acids is 2. The van der Waals surface area contributed by atoms with Crippen molar-refractivity contribution in [1.29, 1.82) is 0 Å². The number of benzene rings is 2. The van der Waals surface area contributed by atoms with E-state index in [9.17, 15) is 22.4 Å². The fraction of sp³-hybridized carbons (Fsp3) is 0.391. The maximum absolute atomic E-state index is 14.3. The van der Waals surface area contributed by atoms with E-state index in [1.54, 1.807) is 31.2 Å². The average Bonchev–Trinajstić information content (AvgIpc) is 2.75. The lowest BCUT2D eigenvalue weighted by Crippen LogP contribution is -2.51. The number of hydrogen-bond donors (Lipinski definition) is 1. The number of sulfonamides is 1. The van der Waals surface area contributed by atoms with Crippen LogP contribution >= 0.6 is 15.9 Å². The van der Waals surface area contributed by atoms with Crippen molar-refractivity contribution in [2.24, 2.45) is 0 Å². The highest BCUT2D eigenvalue weighted by atomic mass is 79.9. The molecule has 1 atom stereocenters. The summed E-state index contributed by atoms with van der Waals surface area (Å²) in [5.41, 5.74) is 1.34. The SMILES string of the molecule is CCCNC(=O)C(C)N(Cc1ccccc1F)C(=O)CN(c1ccc(Br)c(C)c1)S(C)(=O)=O. The smallest absolute Gasteiger partial charge is 0.244 e. The number of halogens is 2. The van der Waals surface area contributed by atoms with Crippen molar-refractivity contribution < 1.29 is 22.4 Å². The van der Waals surface area contributed by atoms with Crippen molar-refractivity contribution in [3.63, 3.8) is 0 Å². The number of aryl methyl sites for hydroxylation is 1. The first-order valence-corrected chi connectivity index (χ1v) is 13.1. The zero-order chi connectivity index (χ0) is 24.8. The number of rotatable bonds is 10. The molecule has 2 amide bonds. The fourth-order valence-electron chi connectivity index (χ4n) is 3.19. The third kappa shape index (κ3) is 7.26. The maximum atomic E-state index is 14.3. The summed E-state index contributed by atoms with van der Waals surface area (Å²) < 4.78 is 41.2. The van der Waals surface area contributed by atoms with Gasteiger partial charge in [-0.15, -0.1) is 0 Å². The topological polar surface area (TPSA) is 86.8 Å². The maximum Gasteiger partial charge on any atom is 0.244 e. The molecule has 1 unspecified atom stereocenters. The highest BCUT2D eigenvalue weighted by Crippen LogP contribution is 2.25. The van der Waals surface area contributed by atoms with Gasteiger partial charge in [-0.05, 0) is 50.1 Å². The minimum atomic E-state index is -3.82. The third-order valence-corrected chi connectivity index (χ3v) is 7.15. The molecule has 1 N–H and O–H groups in total. The van der Waals surface area contributed by atoms with Crippen LogP contribution in [-0.4, -0.2) is 50.5 Å². The molecule has 0 aliphatic carbocycles. The first-order chi connectivity index (χ1) is 15.5. The summed E-state index contributed by atoms with van der Waals surface area (Å²) in [6.07, 6.45) is 1.72. The van der Waals surface area contributed by atoms with Crippen LogP contribution in [0.3, 0.4) is 0 Å². The van der Waals surface area contributed by atoms with Crippen molar-refractivity contribution in [3.05, 3.63) is 63.9 Å². The molecule has 2 aromatic carbocycles. The van der Waals surface area contributed by atoms with Crippen LogP contribution < -0.4 is 9.62 Å². The van der Waals surface area contributed by atoms with Crippen molar-refractivity contribution in [3.8, 4) is 0 Å². The van der Waals surface area contributed by atoms with Crippen molar-refractivity contribution in [1.82, 2.24) is 10.2 Å². The molecule has 0 aliphatic heterocycles. The predicted octanol–water partition coefficient (Wildman–Crippen LogP) is 3.61. The fourth-order valence-corrected chi connectivity index (χ4v) is 4.27. The van der Waals surface area contributed by atoms with Crippen LogP contribution in [0.2, 0.25) is 0 Å². The minimum Gasteiger partial charge on any atom is -0.354 e. The molecule has 0 radical (unpaired) electrons. The van der Waals surface area contributed by atoms with Gasteiger partial charge in [-0.3, -0.25) is 13.9 Å². The molecule has 2 rings (SSSR count).